The van der Waals surface area contributed by atoms with Crippen LogP contribution in [0.2, 0.25) is 0 Å². The number of hydrogen-bond donors (Lipinski definition) is 0. The Bertz CT molecular complexity index is 2620. The maximum Gasteiger partial charge on any atom is 0.527 e. The summed E-state index contributed by atoms with van der Waals surface area (Å²) in [4.78, 5) is 12.9. The highest BCUT2D eigenvalue weighted by Crippen LogP contribution is 2.53. The Morgan fingerprint density at radius 1 is 0.725 bits per heavy atom. The van der Waals surface area contributed by atoms with Crippen molar-refractivity contribution >= 4 is 57.0 Å². The van der Waals surface area contributed by atoms with Gasteiger partial charge in [0.25, 0.3) is 5.70 Å². The van der Waals surface area contributed by atoms with Gasteiger partial charge in [-0.2, -0.15) is 18.4 Å². The summed E-state index contributed by atoms with van der Waals surface area (Å²) in [6.07, 6.45) is 1.84. The van der Waals surface area contributed by atoms with Gasteiger partial charge in [0.05, 0.1) is 41.3 Å². The van der Waals surface area contributed by atoms with E-state index >= 15 is 0 Å². The third-order valence-corrected chi connectivity index (χ3v) is 10.2. The predicted molar refractivity (Wildman–Crippen MR) is 203 cm³/mol. The molecule has 0 radical (unpaired) electrons. The normalized spacial score (nSPS) is 15.5. The molecule has 0 unspecified atom stereocenters. The molecular formula is C43H25N7S. The molecule has 0 atom stereocenters. The molecule has 0 fully saturated rings. The molecule has 238 valence electrons. The maximum absolute atomic E-state index is 9.98. The number of nitriles is 1. The number of fused-ring (bicyclic) bond motifs is 4. The average Bonchev–Trinajstić information content (AvgIpc) is 3.78. The molecule has 1 aliphatic heterocycles. The summed E-state index contributed by atoms with van der Waals surface area (Å²) in [7, 11) is 0. The third kappa shape index (κ3) is 4.75. The zero-order valence-electron chi connectivity index (χ0n) is 27.5. The number of allylic oxidation sites excluding steroid dienone is 4. The second kappa shape index (κ2) is 12.1. The molecule has 0 spiro atoms. The first kappa shape index (κ1) is 31.2. The highest BCUT2D eigenvalue weighted by Gasteiger charge is 2.38. The number of rotatable bonds is 3. The summed E-state index contributed by atoms with van der Waals surface area (Å²) in [5.41, 5.74) is 12.0. The first-order valence-electron chi connectivity index (χ1n) is 16.1. The molecule has 1 aliphatic carbocycles. The lowest BCUT2D eigenvalue weighted by Gasteiger charge is -2.42. The van der Waals surface area contributed by atoms with Crippen LogP contribution < -0.4 is 4.90 Å². The van der Waals surface area contributed by atoms with Crippen LogP contribution in [-0.4, -0.2) is 8.75 Å². The molecule has 0 saturated carbocycles. The number of benzene rings is 5. The summed E-state index contributed by atoms with van der Waals surface area (Å²) in [6.45, 7) is 27.9. The topological polar surface area (TPSA) is 65.9 Å². The zero-order valence-corrected chi connectivity index (χ0v) is 28.3. The fourth-order valence-electron chi connectivity index (χ4n) is 7.37. The van der Waals surface area contributed by atoms with Crippen LogP contribution in [0.5, 0.6) is 0 Å². The number of nitrogens with zero attached hydrogens (tertiary/aromatic N) is 7. The Hall–Kier alpha value is -7.10. The highest BCUT2D eigenvalue weighted by atomic mass is 32.1. The first-order chi connectivity index (χ1) is 24.9. The largest absolute Gasteiger partial charge is 0.527 e. The van der Waals surface area contributed by atoms with E-state index in [1.807, 2.05) is 54.6 Å². The van der Waals surface area contributed by atoms with Crippen LogP contribution >= 0.6 is 11.7 Å². The molecule has 1 aromatic heterocycles. The van der Waals surface area contributed by atoms with Crippen LogP contribution in [0.4, 0.5) is 17.1 Å². The zero-order chi connectivity index (χ0) is 35.3. The smallest absolute Gasteiger partial charge is 0.310 e. The molecule has 0 N–H and O–H groups in total. The summed E-state index contributed by atoms with van der Waals surface area (Å²) in [6, 6.07) is 38.9. The molecule has 0 amide bonds. The Balaban J connectivity index is 1.32. The van der Waals surface area contributed by atoms with Crippen molar-refractivity contribution in [3.05, 3.63) is 188 Å². The van der Waals surface area contributed by atoms with Gasteiger partial charge in [-0.05, 0) is 69.8 Å². The lowest BCUT2D eigenvalue weighted by Crippen LogP contribution is -2.30. The van der Waals surface area contributed by atoms with Gasteiger partial charge in [0.2, 0.25) is 0 Å². The van der Waals surface area contributed by atoms with Crippen molar-refractivity contribution in [2.45, 2.75) is 19.3 Å². The number of hydrogen-bond acceptors (Lipinski definition) is 5. The maximum atomic E-state index is 9.98. The fourth-order valence-corrected chi connectivity index (χ4v) is 7.95. The van der Waals surface area contributed by atoms with E-state index in [9.17, 15) is 5.26 Å². The van der Waals surface area contributed by atoms with E-state index < -0.39 is 0 Å². The van der Waals surface area contributed by atoms with Crippen LogP contribution in [0.3, 0.4) is 0 Å². The molecule has 8 heteroatoms. The van der Waals surface area contributed by atoms with Crippen molar-refractivity contribution in [2.75, 3.05) is 4.90 Å². The summed E-state index contributed by atoms with van der Waals surface area (Å²) < 4.78 is 9.47. The van der Waals surface area contributed by atoms with Crippen molar-refractivity contribution in [1.29, 1.82) is 5.26 Å². The molecular weight excluding hydrogens is 647 g/mol. The molecule has 51 heavy (non-hydrogen) atoms. The summed E-state index contributed by atoms with van der Waals surface area (Å²) in [5.74, 6) is -0.127. The van der Waals surface area contributed by atoms with Crippen LogP contribution in [0, 0.1) is 31.0 Å². The molecule has 5 aromatic carbocycles. The number of anilines is 3. The highest BCUT2D eigenvalue weighted by molar-refractivity contribution is 7.00. The average molecular weight is 672 g/mol. The van der Waals surface area contributed by atoms with E-state index in [2.05, 4.69) is 100 Å². The molecule has 6 aromatic rings. The van der Waals surface area contributed by atoms with Crippen LogP contribution in [0.25, 0.3) is 53.9 Å². The van der Waals surface area contributed by atoms with Crippen molar-refractivity contribution in [2.24, 2.45) is 0 Å². The Kier molecular flexibility index (Phi) is 7.40. The number of aromatic nitrogens is 2. The van der Waals surface area contributed by atoms with Gasteiger partial charge in [-0.3, -0.25) is 0 Å². The second-order valence-electron chi connectivity index (χ2n) is 12.7. The minimum Gasteiger partial charge on any atom is -0.310 e. The Morgan fingerprint density at radius 3 is 2.12 bits per heavy atom. The lowest BCUT2D eigenvalue weighted by atomic mass is 9.73. The molecule has 2 heterocycles. The minimum atomic E-state index is -0.287. The Labute approximate surface area is 299 Å². The van der Waals surface area contributed by atoms with E-state index in [0.29, 0.717) is 38.9 Å². The van der Waals surface area contributed by atoms with E-state index in [1.165, 1.54) is 11.1 Å². The van der Waals surface area contributed by atoms with Crippen LogP contribution in [0.15, 0.2) is 126 Å². The standard InChI is InChI=1S/C43H25N7S/c1-43(2)33-17-11-12-18-36(33)50(28-13-7-6-8-14-28)37-22-20-26(24-34(37)43)29-21-19-27(40-41(29)49-51-48-40)23-32-38(35(25-44)45-3)30-15-9-10-16-31(30)39(32)42(46-4)47-5/h6-24H,1-2H3/b32-23-,38-35-. The Morgan fingerprint density at radius 2 is 1.39 bits per heavy atom. The quantitative estimate of drug-likeness (QED) is 0.139. The van der Waals surface area contributed by atoms with Gasteiger partial charge in [-0.1, -0.05) is 92.7 Å². The summed E-state index contributed by atoms with van der Waals surface area (Å²) in [5, 5.41) is 9.98. The third-order valence-electron chi connectivity index (χ3n) is 9.70. The second-order valence-corrected chi connectivity index (χ2v) is 13.2. The monoisotopic (exact) mass is 671 g/mol. The van der Waals surface area contributed by atoms with Crippen LogP contribution in [0.1, 0.15) is 41.7 Å². The molecule has 7 nitrogen and oxygen atoms in total. The fraction of sp³-hybridized carbons (Fsp3) is 0.0698. The minimum absolute atomic E-state index is 0.106. The van der Waals surface area contributed by atoms with Crippen molar-refractivity contribution in [1.82, 2.24) is 8.75 Å². The van der Waals surface area contributed by atoms with E-state index in [0.717, 1.165) is 45.4 Å². The van der Waals surface area contributed by atoms with Gasteiger partial charge < -0.3 is 4.90 Å². The molecule has 2 aliphatic rings. The van der Waals surface area contributed by atoms with Gasteiger partial charge in [-0.15, -0.1) is 0 Å². The van der Waals surface area contributed by atoms with Gasteiger partial charge in [0.15, 0.2) is 0 Å². The SMILES string of the molecule is [C-]#[N+]C([N+]#[C-])=C1C(=C\c2ccc(-c3ccc4c(c3)C(C)(C)c3ccccc3N4c3ccccc3)c3nsnc23)/C(=C(/C#N)[N+]#[C-])c2ccccc21. The van der Waals surface area contributed by atoms with Crippen molar-refractivity contribution in [3.8, 4) is 17.2 Å². The van der Waals surface area contributed by atoms with Gasteiger partial charge in [0, 0.05) is 27.8 Å². The predicted octanol–water partition coefficient (Wildman–Crippen LogP) is 11.2. The molecule has 0 saturated heterocycles. The van der Waals surface area contributed by atoms with Crippen molar-refractivity contribution in [3.63, 3.8) is 0 Å². The van der Waals surface area contributed by atoms with Gasteiger partial charge in [0.1, 0.15) is 24.2 Å². The van der Waals surface area contributed by atoms with Crippen molar-refractivity contribution < 1.29 is 0 Å². The first-order valence-corrected chi connectivity index (χ1v) is 16.8. The van der Waals surface area contributed by atoms with E-state index in [4.69, 9.17) is 28.5 Å². The van der Waals surface area contributed by atoms with Gasteiger partial charge in [-0.25, -0.2) is 10.1 Å². The van der Waals surface area contributed by atoms with Crippen LogP contribution in [-0.2, 0) is 5.41 Å². The van der Waals surface area contributed by atoms with Gasteiger partial charge >= 0.3 is 5.82 Å². The lowest BCUT2D eigenvalue weighted by molar-refractivity contribution is 0.632. The molecule has 0 bridgehead atoms. The van der Waals surface area contributed by atoms with E-state index in [-0.39, 0.29) is 16.9 Å². The number of para-hydroxylation sites is 2. The summed E-state index contributed by atoms with van der Waals surface area (Å²) >= 11 is 1.11. The van der Waals surface area contributed by atoms with E-state index in [1.54, 1.807) is 0 Å². The molecule has 8 rings (SSSR count).